The van der Waals surface area contributed by atoms with E-state index >= 15 is 0 Å². The molecule has 6 nitrogen and oxygen atoms in total. The Labute approximate surface area is 118 Å². The van der Waals surface area contributed by atoms with Gasteiger partial charge >= 0.3 is 0 Å². The summed E-state index contributed by atoms with van der Waals surface area (Å²) >= 11 is 0. The van der Waals surface area contributed by atoms with E-state index in [9.17, 15) is 4.79 Å². The summed E-state index contributed by atoms with van der Waals surface area (Å²) in [6.45, 7) is 3.17. The number of aryl methyl sites for hydroxylation is 1. The van der Waals surface area contributed by atoms with Gasteiger partial charge in [0.25, 0.3) is 0 Å². The number of amides is 1. The third-order valence-electron chi connectivity index (χ3n) is 4.02. The van der Waals surface area contributed by atoms with Gasteiger partial charge in [0.2, 0.25) is 11.8 Å². The fraction of sp³-hybridized carbons (Fsp3) is 0.786. The molecule has 0 aliphatic carbocycles. The standard InChI is InChI=1S/C14H21N3O3/c18-13-5-1-2-7-17(13)8-3-4-12-15-14(16-20-12)11-6-9-19-10-11/h11H,1-10H2. The molecule has 1 unspecified atom stereocenters. The van der Waals surface area contributed by atoms with E-state index in [1.807, 2.05) is 4.90 Å². The van der Waals surface area contributed by atoms with E-state index in [1.54, 1.807) is 0 Å². The maximum absolute atomic E-state index is 11.7. The Hall–Kier alpha value is -1.43. The first-order valence-corrected chi connectivity index (χ1v) is 7.51. The normalized spacial score (nSPS) is 23.5. The fourth-order valence-electron chi connectivity index (χ4n) is 2.79. The molecular formula is C14H21N3O3. The summed E-state index contributed by atoms with van der Waals surface area (Å²) in [7, 11) is 0. The first kappa shape index (κ1) is 13.5. The van der Waals surface area contributed by atoms with Crippen molar-refractivity contribution in [2.24, 2.45) is 0 Å². The lowest BCUT2D eigenvalue weighted by Crippen LogP contribution is -2.36. The maximum atomic E-state index is 11.7. The Morgan fingerprint density at radius 3 is 3.10 bits per heavy atom. The van der Waals surface area contributed by atoms with Crippen LogP contribution in [0, 0.1) is 0 Å². The Morgan fingerprint density at radius 1 is 1.35 bits per heavy atom. The quantitative estimate of drug-likeness (QED) is 0.817. The minimum absolute atomic E-state index is 0.283. The molecule has 0 spiro atoms. The number of ether oxygens (including phenoxy) is 1. The largest absolute Gasteiger partial charge is 0.381 e. The van der Waals surface area contributed by atoms with Crippen molar-refractivity contribution in [3.8, 4) is 0 Å². The first-order valence-electron chi connectivity index (χ1n) is 7.51. The predicted octanol–water partition coefficient (Wildman–Crippen LogP) is 1.52. The number of carbonyl (C=O) groups excluding carboxylic acids is 1. The van der Waals surface area contributed by atoms with Gasteiger partial charge in [0.15, 0.2) is 5.82 Å². The second-order valence-electron chi connectivity index (χ2n) is 5.55. The van der Waals surface area contributed by atoms with Gasteiger partial charge in [-0.15, -0.1) is 0 Å². The van der Waals surface area contributed by atoms with Crippen LogP contribution in [0.3, 0.4) is 0 Å². The zero-order chi connectivity index (χ0) is 13.8. The molecular weight excluding hydrogens is 258 g/mol. The van der Waals surface area contributed by atoms with Crippen LogP contribution in [0.5, 0.6) is 0 Å². The van der Waals surface area contributed by atoms with Gasteiger partial charge in [-0.25, -0.2) is 0 Å². The molecule has 2 aliphatic heterocycles. The molecule has 1 aromatic rings. The van der Waals surface area contributed by atoms with E-state index < -0.39 is 0 Å². The highest BCUT2D eigenvalue weighted by Gasteiger charge is 2.23. The Kier molecular flexibility index (Phi) is 4.30. The van der Waals surface area contributed by atoms with E-state index in [0.29, 0.717) is 18.9 Å². The highest BCUT2D eigenvalue weighted by Crippen LogP contribution is 2.22. The molecule has 1 aromatic heterocycles. The van der Waals surface area contributed by atoms with E-state index in [0.717, 1.165) is 57.6 Å². The topological polar surface area (TPSA) is 68.5 Å². The van der Waals surface area contributed by atoms with Crippen LogP contribution < -0.4 is 0 Å². The van der Waals surface area contributed by atoms with Crippen LogP contribution in [-0.2, 0) is 16.0 Å². The number of carbonyl (C=O) groups is 1. The smallest absolute Gasteiger partial charge is 0.226 e. The number of rotatable bonds is 5. The second-order valence-corrected chi connectivity index (χ2v) is 5.55. The molecule has 2 saturated heterocycles. The van der Waals surface area contributed by atoms with Crippen LogP contribution in [0.1, 0.15) is 49.7 Å². The molecule has 0 radical (unpaired) electrons. The van der Waals surface area contributed by atoms with Crippen molar-refractivity contribution in [3.63, 3.8) is 0 Å². The first-order chi connectivity index (χ1) is 9.83. The van der Waals surface area contributed by atoms with Crippen molar-refractivity contribution in [1.29, 1.82) is 0 Å². The van der Waals surface area contributed by atoms with Gasteiger partial charge in [-0.3, -0.25) is 4.79 Å². The van der Waals surface area contributed by atoms with Crippen molar-refractivity contribution in [1.82, 2.24) is 15.0 Å². The molecule has 20 heavy (non-hydrogen) atoms. The summed E-state index contributed by atoms with van der Waals surface area (Å²) in [5.41, 5.74) is 0. The third-order valence-corrected chi connectivity index (χ3v) is 4.02. The molecule has 0 N–H and O–H groups in total. The summed E-state index contributed by atoms with van der Waals surface area (Å²) in [6, 6.07) is 0. The minimum Gasteiger partial charge on any atom is -0.381 e. The lowest BCUT2D eigenvalue weighted by molar-refractivity contribution is -0.133. The van der Waals surface area contributed by atoms with Gasteiger partial charge in [0, 0.05) is 38.5 Å². The molecule has 0 bridgehead atoms. The number of piperidine rings is 1. The summed E-state index contributed by atoms with van der Waals surface area (Å²) in [6.07, 6.45) is 5.45. The minimum atomic E-state index is 0.283. The molecule has 0 saturated carbocycles. The van der Waals surface area contributed by atoms with Gasteiger partial charge in [0.1, 0.15) is 0 Å². The maximum Gasteiger partial charge on any atom is 0.226 e. The summed E-state index contributed by atoms with van der Waals surface area (Å²) in [4.78, 5) is 18.1. The number of nitrogens with zero attached hydrogens (tertiary/aromatic N) is 3. The predicted molar refractivity (Wildman–Crippen MR) is 71.2 cm³/mol. The average molecular weight is 279 g/mol. The number of aromatic nitrogens is 2. The third kappa shape index (κ3) is 3.17. The van der Waals surface area contributed by atoms with Crippen LogP contribution in [0.2, 0.25) is 0 Å². The van der Waals surface area contributed by atoms with Gasteiger partial charge < -0.3 is 14.2 Å². The lowest BCUT2D eigenvalue weighted by atomic mass is 10.1. The second kappa shape index (κ2) is 6.35. The monoisotopic (exact) mass is 279 g/mol. The molecule has 1 atom stereocenters. The summed E-state index contributed by atoms with van der Waals surface area (Å²) < 4.78 is 10.6. The molecule has 3 rings (SSSR count). The zero-order valence-corrected chi connectivity index (χ0v) is 11.7. The highest BCUT2D eigenvalue weighted by molar-refractivity contribution is 5.76. The van der Waals surface area contributed by atoms with E-state index in [4.69, 9.17) is 9.26 Å². The number of hydrogen-bond donors (Lipinski definition) is 0. The summed E-state index contributed by atoms with van der Waals surface area (Å²) in [5, 5.41) is 4.03. The average Bonchev–Trinajstić information content (AvgIpc) is 3.11. The molecule has 2 aliphatic rings. The van der Waals surface area contributed by atoms with Crippen LogP contribution in [0.25, 0.3) is 0 Å². The number of hydrogen-bond acceptors (Lipinski definition) is 5. The van der Waals surface area contributed by atoms with Gasteiger partial charge in [-0.1, -0.05) is 5.16 Å². The molecule has 0 aromatic carbocycles. The van der Waals surface area contributed by atoms with Crippen molar-refractivity contribution >= 4 is 5.91 Å². The zero-order valence-electron chi connectivity index (χ0n) is 11.7. The Balaban J connectivity index is 1.45. The van der Waals surface area contributed by atoms with E-state index in [2.05, 4.69) is 10.1 Å². The molecule has 3 heterocycles. The lowest BCUT2D eigenvalue weighted by Gasteiger charge is -2.26. The molecule has 6 heteroatoms. The highest BCUT2D eigenvalue weighted by atomic mass is 16.5. The van der Waals surface area contributed by atoms with Gasteiger partial charge in [-0.05, 0) is 25.7 Å². The Bertz CT molecular complexity index is 454. The summed E-state index contributed by atoms with van der Waals surface area (Å²) in [5.74, 6) is 2.02. The van der Waals surface area contributed by atoms with Crippen LogP contribution in [0.15, 0.2) is 4.52 Å². The van der Waals surface area contributed by atoms with Crippen molar-refractivity contribution < 1.29 is 14.1 Å². The van der Waals surface area contributed by atoms with Crippen LogP contribution >= 0.6 is 0 Å². The van der Waals surface area contributed by atoms with Crippen molar-refractivity contribution in [2.75, 3.05) is 26.3 Å². The molecule has 110 valence electrons. The van der Waals surface area contributed by atoms with E-state index in [1.165, 1.54) is 0 Å². The van der Waals surface area contributed by atoms with Crippen LogP contribution in [0.4, 0.5) is 0 Å². The Morgan fingerprint density at radius 2 is 2.30 bits per heavy atom. The molecule has 2 fully saturated rings. The molecule has 1 amide bonds. The van der Waals surface area contributed by atoms with Gasteiger partial charge in [-0.2, -0.15) is 4.98 Å². The number of likely N-dealkylation sites (tertiary alicyclic amines) is 1. The van der Waals surface area contributed by atoms with Crippen LogP contribution in [-0.4, -0.2) is 47.3 Å². The fourth-order valence-corrected chi connectivity index (χ4v) is 2.79. The SMILES string of the molecule is O=C1CCCCN1CCCc1nc(C2CCOC2)no1. The van der Waals surface area contributed by atoms with Gasteiger partial charge in [0.05, 0.1) is 6.61 Å². The van der Waals surface area contributed by atoms with Crippen molar-refractivity contribution in [2.45, 2.75) is 44.4 Å². The van der Waals surface area contributed by atoms with Crippen molar-refractivity contribution in [3.05, 3.63) is 11.7 Å². The van der Waals surface area contributed by atoms with E-state index in [-0.39, 0.29) is 11.8 Å².